The second-order valence-electron chi connectivity index (χ2n) is 7.18. The maximum Gasteiger partial charge on any atom is 0.573 e. The molecule has 1 atom stereocenters. The highest BCUT2D eigenvalue weighted by Gasteiger charge is 2.31. The Morgan fingerprint density at radius 3 is 2.62 bits per heavy atom. The predicted octanol–water partition coefficient (Wildman–Crippen LogP) is 2.78. The number of nitrogens with one attached hydrogen (secondary N) is 2. The Kier molecular flexibility index (Phi) is 5.61. The van der Waals surface area contributed by atoms with Gasteiger partial charge in [-0.1, -0.05) is 0 Å². The van der Waals surface area contributed by atoms with Crippen molar-refractivity contribution in [3.05, 3.63) is 48.2 Å². The third kappa shape index (κ3) is 4.75. The average molecular weight is 448 g/mol. The first-order valence-electron chi connectivity index (χ1n) is 9.60. The van der Waals surface area contributed by atoms with E-state index in [1.807, 2.05) is 4.90 Å². The molecule has 1 aliphatic rings. The third-order valence-corrected chi connectivity index (χ3v) is 4.88. The number of hydrogen-bond acceptors (Lipinski definition) is 7. The maximum absolute atomic E-state index is 12.8. The van der Waals surface area contributed by atoms with Crippen LogP contribution in [0.4, 0.5) is 30.5 Å². The minimum Gasteiger partial charge on any atom is -0.406 e. The number of alkyl halides is 3. The van der Waals surface area contributed by atoms with Crippen molar-refractivity contribution in [2.45, 2.75) is 18.9 Å². The fourth-order valence-electron chi connectivity index (χ4n) is 3.42. The number of β-amino-alcohol motifs (C(OH)–C–C–N with tert-alkyl or cyclic N) is 1. The highest BCUT2D eigenvalue weighted by molar-refractivity contribution is 6.08. The van der Waals surface area contributed by atoms with Gasteiger partial charge in [-0.05, 0) is 42.8 Å². The van der Waals surface area contributed by atoms with Crippen molar-refractivity contribution >= 4 is 23.2 Å². The lowest BCUT2D eigenvalue weighted by Gasteiger charge is -2.21. The number of aromatic nitrogens is 3. The average Bonchev–Trinajstić information content (AvgIpc) is 3.40. The van der Waals surface area contributed by atoms with Crippen LogP contribution in [0.3, 0.4) is 0 Å². The van der Waals surface area contributed by atoms with E-state index in [0.29, 0.717) is 36.6 Å². The van der Waals surface area contributed by atoms with Crippen molar-refractivity contribution in [2.24, 2.45) is 0 Å². The van der Waals surface area contributed by atoms with Crippen molar-refractivity contribution in [3.63, 3.8) is 0 Å². The zero-order chi connectivity index (χ0) is 22.9. The van der Waals surface area contributed by atoms with Gasteiger partial charge in [0.15, 0.2) is 0 Å². The summed E-state index contributed by atoms with van der Waals surface area (Å²) in [5.74, 6) is -0.517. The van der Waals surface area contributed by atoms with Crippen LogP contribution in [0.5, 0.6) is 5.75 Å². The fraction of sp³-hybridized carbons (Fsp3) is 0.250. The summed E-state index contributed by atoms with van der Waals surface area (Å²) < 4.78 is 40.7. The Morgan fingerprint density at radius 1 is 1.28 bits per heavy atom. The van der Waals surface area contributed by atoms with E-state index in [1.54, 1.807) is 18.3 Å². The number of halogens is 3. The van der Waals surface area contributed by atoms with Crippen LogP contribution >= 0.6 is 0 Å². The summed E-state index contributed by atoms with van der Waals surface area (Å²) in [6.07, 6.45) is -3.15. The molecular weight excluding hydrogens is 429 g/mol. The molecule has 0 radical (unpaired) electrons. The van der Waals surface area contributed by atoms with Gasteiger partial charge in [0.05, 0.1) is 17.4 Å². The molecule has 0 saturated carbocycles. The summed E-state index contributed by atoms with van der Waals surface area (Å²) in [6, 6.07) is 8.00. The highest BCUT2D eigenvalue weighted by atomic mass is 19.4. The monoisotopic (exact) mass is 448 g/mol. The van der Waals surface area contributed by atoms with Gasteiger partial charge in [-0.15, -0.1) is 13.2 Å². The molecule has 3 heterocycles. The smallest absolute Gasteiger partial charge is 0.406 e. The number of nitrogens with two attached hydrogens (primary N) is 1. The molecule has 0 bridgehead atoms. The standard InChI is InChI=1S/C20H19F3N6O3/c21-20(22,23)32-13-3-1-11(2-4-13)26-19(31)15-9-14(16-5-7-25-28-16)18(27-17(15)24)29-8-6-12(30)10-29/h1-5,7,9,12,30H,6,8,10H2,(H2,24,27)(H,25,28)(H,26,31). The second kappa shape index (κ2) is 8.38. The van der Waals surface area contributed by atoms with Gasteiger partial charge in [0, 0.05) is 30.5 Å². The molecule has 3 aromatic rings. The van der Waals surface area contributed by atoms with Crippen LogP contribution in [0, 0.1) is 0 Å². The number of rotatable bonds is 5. The van der Waals surface area contributed by atoms with Gasteiger partial charge in [-0.3, -0.25) is 9.89 Å². The van der Waals surface area contributed by atoms with Crippen molar-refractivity contribution in [2.75, 3.05) is 29.0 Å². The fourth-order valence-corrected chi connectivity index (χ4v) is 3.42. The second-order valence-corrected chi connectivity index (χ2v) is 7.18. The molecule has 1 unspecified atom stereocenters. The van der Waals surface area contributed by atoms with Crippen molar-refractivity contribution in [1.82, 2.24) is 15.2 Å². The van der Waals surface area contributed by atoms with Gasteiger partial charge in [0.1, 0.15) is 17.4 Å². The molecule has 32 heavy (non-hydrogen) atoms. The van der Waals surface area contributed by atoms with Gasteiger partial charge >= 0.3 is 6.36 Å². The topological polar surface area (TPSA) is 129 Å². The summed E-state index contributed by atoms with van der Waals surface area (Å²) in [4.78, 5) is 19.1. The zero-order valence-corrected chi connectivity index (χ0v) is 16.6. The first kappa shape index (κ1) is 21.4. The third-order valence-electron chi connectivity index (χ3n) is 4.88. The number of pyridine rings is 1. The van der Waals surface area contributed by atoms with Gasteiger partial charge in [0.2, 0.25) is 0 Å². The minimum absolute atomic E-state index is 0.0285. The van der Waals surface area contributed by atoms with Crippen LogP contribution in [0.15, 0.2) is 42.6 Å². The molecule has 12 heteroatoms. The Labute approximate surface area is 180 Å². The molecule has 1 aliphatic heterocycles. The number of carbonyl (C=O) groups is 1. The summed E-state index contributed by atoms with van der Waals surface area (Å²) in [7, 11) is 0. The molecule has 1 fully saturated rings. The molecule has 9 nitrogen and oxygen atoms in total. The lowest BCUT2D eigenvalue weighted by molar-refractivity contribution is -0.274. The Hall–Kier alpha value is -3.80. The number of aromatic amines is 1. The van der Waals surface area contributed by atoms with E-state index in [4.69, 9.17) is 5.73 Å². The molecule has 4 rings (SSSR count). The van der Waals surface area contributed by atoms with E-state index in [1.165, 1.54) is 12.1 Å². The number of aliphatic hydroxyl groups excluding tert-OH is 1. The number of amides is 1. The number of H-pyrrole nitrogens is 1. The van der Waals surface area contributed by atoms with E-state index >= 15 is 0 Å². The Balaban J connectivity index is 1.60. The molecule has 0 spiro atoms. The number of nitrogens with zero attached hydrogens (tertiary/aromatic N) is 3. The number of aliphatic hydroxyl groups is 1. The van der Waals surface area contributed by atoms with Crippen LogP contribution in [0.1, 0.15) is 16.8 Å². The Morgan fingerprint density at radius 2 is 2.03 bits per heavy atom. The number of hydrogen-bond donors (Lipinski definition) is 4. The van der Waals surface area contributed by atoms with E-state index < -0.39 is 24.1 Å². The maximum atomic E-state index is 12.8. The molecule has 1 saturated heterocycles. The molecule has 168 valence electrons. The number of anilines is 3. The van der Waals surface area contributed by atoms with Crippen LogP contribution in [-0.2, 0) is 0 Å². The van der Waals surface area contributed by atoms with Crippen molar-refractivity contribution < 1.29 is 27.8 Å². The number of carbonyl (C=O) groups excluding carboxylic acids is 1. The van der Waals surface area contributed by atoms with E-state index in [-0.39, 0.29) is 17.1 Å². The molecule has 2 aromatic heterocycles. The first-order chi connectivity index (χ1) is 15.2. The molecule has 1 aromatic carbocycles. The first-order valence-corrected chi connectivity index (χ1v) is 9.60. The molecule has 0 aliphatic carbocycles. The predicted molar refractivity (Wildman–Crippen MR) is 110 cm³/mol. The van der Waals surface area contributed by atoms with Crippen LogP contribution in [-0.4, -0.2) is 51.8 Å². The quantitative estimate of drug-likeness (QED) is 0.472. The zero-order valence-electron chi connectivity index (χ0n) is 16.6. The number of benzene rings is 1. The molecular formula is C20H19F3N6O3. The van der Waals surface area contributed by atoms with Gasteiger partial charge in [-0.2, -0.15) is 5.10 Å². The van der Waals surface area contributed by atoms with Crippen molar-refractivity contribution in [1.29, 1.82) is 0 Å². The summed E-state index contributed by atoms with van der Waals surface area (Å²) >= 11 is 0. The van der Waals surface area contributed by atoms with E-state index in [2.05, 4.69) is 25.2 Å². The van der Waals surface area contributed by atoms with Crippen molar-refractivity contribution in [3.8, 4) is 17.0 Å². The highest BCUT2D eigenvalue weighted by Crippen LogP contribution is 2.33. The SMILES string of the molecule is Nc1nc(N2CCC(O)C2)c(-c2ccn[nH]2)cc1C(=O)Nc1ccc(OC(F)(F)F)cc1. The van der Waals surface area contributed by atoms with Gasteiger partial charge in [-0.25, -0.2) is 4.98 Å². The summed E-state index contributed by atoms with van der Waals surface area (Å²) in [5.41, 5.74) is 7.57. The molecule has 1 amide bonds. The van der Waals surface area contributed by atoms with E-state index in [0.717, 1.165) is 12.1 Å². The van der Waals surface area contributed by atoms with Crippen LogP contribution < -0.4 is 20.7 Å². The lowest BCUT2D eigenvalue weighted by Crippen LogP contribution is -2.24. The number of ether oxygens (including phenoxy) is 1. The largest absolute Gasteiger partial charge is 0.573 e. The normalized spacial score (nSPS) is 16.2. The summed E-state index contributed by atoms with van der Waals surface area (Å²) in [5, 5.41) is 19.2. The van der Waals surface area contributed by atoms with Gasteiger partial charge < -0.3 is 25.8 Å². The Bertz CT molecular complexity index is 1100. The van der Waals surface area contributed by atoms with E-state index in [9.17, 15) is 23.1 Å². The minimum atomic E-state index is -4.80. The lowest BCUT2D eigenvalue weighted by atomic mass is 10.1. The van der Waals surface area contributed by atoms with Crippen LogP contribution in [0.25, 0.3) is 11.3 Å². The molecule has 5 N–H and O–H groups in total. The number of nitrogen functional groups attached to an aromatic ring is 1. The summed E-state index contributed by atoms with van der Waals surface area (Å²) in [6.45, 7) is 0.956. The van der Waals surface area contributed by atoms with Crippen LogP contribution in [0.2, 0.25) is 0 Å². The van der Waals surface area contributed by atoms with Gasteiger partial charge in [0.25, 0.3) is 5.91 Å².